The highest BCUT2D eigenvalue weighted by Gasteiger charge is 2.29. The van der Waals surface area contributed by atoms with E-state index in [1.54, 1.807) is 12.1 Å². The van der Waals surface area contributed by atoms with Crippen molar-refractivity contribution in [2.24, 2.45) is 5.92 Å². The van der Waals surface area contributed by atoms with Crippen molar-refractivity contribution in [2.45, 2.75) is 32.7 Å². The number of aryl methyl sites for hydroxylation is 1. The maximum Gasteiger partial charge on any atom is 0.263 e. The first-order valence-electron chi connectivity index (χ1n) is 7.09. The van der Waals surface area contributed by atoms with Crippen molar-refractivity contribution in [3.63, 3.8) is 0 Å². The van der Waals surface area contributed by atoms with Gasteiger partial charge in [0.05, 0.1) is 5.69 Å². The summed E-state index contributed by atoms with van der Waals surface area (Å²) in [6.45, 7) is 3.88. The molecule has 1 aliphatic rings. The fraction of sp³-hybridized carbons (Fsp3) is 0.375. The molecule has 0 saturated heterocycles. The fourth-order valence-electron chi connectivity index (χ4n) is 2.31. The van der Waals surface area contributed by atoms with Gasteiger partial charge in [0.2, 0.25) is 0 Å². The summed E-state index contributed by atoms with van der Waals surface area (Å²) in [5.41, 5.74) is 1.55. The van der Waals surface area contributed by atoms with Gasteiger partial charge in [0.15, 0.2) is 0 Å². The van der Waals surface area contributed by atoms with Crippen LogP contribution in [0.5, 0.6) is 0 Å². The standard InChI is InChI=1S/C16H17FN2OS/c1-9(11-3-4-11)18-15(20)14-10(2)19-16(21-14)12-5-7-13(17)8-6-12/h5-9,11H,3-4H2,1-2H3,(H,18,20)/t9-/m0/s1. The van der Waals surface area contributed by atoms with Crippen LogP contribution in [0.2, 0.25) is 0 Å². The van der Waals surface area contributed by atoms with Gasteiger partial charge in [-0.1, -0.05) is 0 Å². The second kappa shape index (κ2) is 5.56. The lowest BCUT2D eigenvalue weighted by Gasteiger charge is -2.11. The highest BCUT2D eigenvalue weighted by atomic mass is 32.1. The SMILES string of the molecule is Cc1nc(-c2ccc(F)cc2)sc1C(=O)N[C@@H](C)C1CC1. The summed E-state index contributed by atoms with van der Waals surface area (Å²) in [5.74, 6) is 0.291. The van der Waals surface area contributed by atoms with Crippen LogP contribution in [0.3, 0.4) is 0 Å². The first-order chi connectivity index (χ1) is 10.0. The molecule has 1 N–H and O–H groups in total. The largest absolute Gasteiger partial charge is 0.349 e. The van der Waals surface area contributed by atoms with Crippen LogP contribution < -0.4 is 5.32 Å². The minimum Gasteiger partial charge on any atom is -0.349 e. The van der Waals surface area contributed by atoms with Gasteiger partial charge in [-0.05, 0) is 56.9 Å². The summed E-state index contributed by atoms with van der Waals surface area (Å²) in [6.07, 6.45) is 2.40. The fourth-order valence-corrected chi connectivity index (χ4v) is 3.28. The molecule has 110 valence electrons. The average molecular weight is 304 g/mol. The molecule has 1 aromatic carbocycles. The Kier molecular flexibility index (Phi) is 3.76. The molecule has 3 rings (SSSR count). The Hall–Kier alpha value is -1.75. The second-order valence-electron chi connectivity index (χ2n) is 5.54. The van der Waals surface area contributed by atoms with Gasteiger partial charge in [0.1, 0.15) is 15.7 Å². The first-order valence-corrected chi connectivity index (χ1v) is 7.90. The number of halogens is 1. The van der Waals surface area contributed by atoms with Crippen LogP contribution >= 0.6 is 11.3 Å². The third-order valence-corrected chi connectivity index (χ3v) is 4.99. The predicted molar refractivity (Wildman–Crippen MR) is 81.9 cm³/mol. The minimum absolute atomic E-state index is 0.0576. The third-order valence-electron chi connectivity index (χ3n) is 3.78. The highest BCUT2D eigenvalue weighted by Crippen LogP contribution is 2.33. The van der Waals surface area contributed by atoms with Crippen LogP contribution in [-0.2, 0) is 0 Å². The maximum atomic E-state index is 13.0. The predicted octanol–water partition coefficient (Wildman–Crippen LogP) is 3.79. The summed E-state index contributed by atoms with van der Waals surface area (Å²) in [7, 11) is 0. The Morgan fingerprint density at radius 1 is 1.38 bits per heavy atom. The zero-order valence-electron chi connectivity index (χ0n) is 12.0. The molecule has 1 aromatic heterocycles. The molecule has 2 aromatic rings. The van der Waals surface area contributed by atoms with E-state index in [0.29, 0.717) is 10.8 Å². The van der Waals surface area contributed by atoms with E-state index < -0.39 is 0 Å². The molecule has 0 radical (unpaired) electrons. The van der Waals surface area contributed by atoms with E-state index in [1.807, 2.05) is 13.8 Å². The van der Waals surface area contributed by atoms with Crippen molar-refractivity contribution in [1.82, 2.24) is 10.3 Å². The molecule has 1 heterocycles. The quantitative estimate of drug-likeness (QED) is 0.934. The van der Waals surface area contributed by atoms with Crippen molar-refractivity contribution in [2.75, 3.05) is 0 Å². The average Bonchev–Trinajstić information content (AvgIpc) is 3.23. The van der Waals surface area contributed by atoms with Crippen LogP contribution in [0.4, 0.5) is 4.39 Å². The van der Waals surface area contributed by atoms with Crippen LogP contribution in [-0.4, -0.2) is 16.9 Å². The van der Waals surface area contributed by atoms with Crippen molar-refractivity contribution in [3.05, 3.63) is 40.7 Å². The van der Waals surface area contributed by atoms with E-state index in [2.05, 4.69) is 10.3 Å². The molecular weight excluding hydrogens is 287 g/mol. The Bertz CT molecular complexity index is 661. The molecule has 5 heteroatoms. The van der Waals surface area contributed by atoms with Crippen LogP contribution in [0, 0.1) is 18.7 Å². The lowest BCUT2D eigenvalue weighted by molar-refractivity contribution is 0.0939. The van der Waals surface area contributed by atoms with Crippen molar-refractivity contribution < 1.29 is 9.18 Å². The molecule has 1 fully saturated rings. The molecular formula is C16H17FN2OS. The van der Waals surface area contributed by atoms with Gasteiger partial charge < -0.3 is 5.32 Å². The van der Waals surface area contributed by atoms with Crippen LogP contribution in [0.25, 0.3) is 10.6 Å². The lowest BCUT2D eigenvalue weighted by atomic mass is 10.2. The van der Waals surface area contributed by atoms with E-state index in [-0.39, 0.29) is 17.8 Å². The number of nitrogens with one attached hydrogen (secondary N) is 1. The van der Waals surface area contributed by atoms with Gasteiger partial charge in [-0.15, -0.1) is 11.3 Å². The molecule has 21 heavy (non-hydrogen) atoms. The van der Waals surface area contributed by atoms with E-state index in [4.69, 9.17) is 0 Å². The van der Waals surface area contributed by atoms with Gasteiger partial charge in [-0.25, -0.2) is 9.37 Å². The molecule has 1 aliphatic carbocycles. The number of benzene rings is 1. The molecule has 0 spiro atoms. The van der Waals surface area contributed by atoms with Crippen molar-refractivity contribution >= 4 is 17.2 Å². The van der Waals surface area contributed by atoms with E-state index in [9.17, 15) is 9.18 Å². The maximum absolute atomic E-state index is 13.0. The summed E-state index contributed by atoms with van der Waals surface area (Å²) in [4.78, 5) is 17.4. The Balaban J connectivity index is 1.80. The molecule has 0 bridgehead atoms. The number of nitrogens with zero attached hydrogens (tertiary/aromatic N) is 1. The molecule has 0 aliphatic heterocycles. The zero-order chi connectivity index (χ0) is 15.0. The zero-order valence-corrected chi connectivity index (χ0v) is 12.8. The number of rotatable bonds is 4. The number of hydrogen-bond acceptors (Lipinski definition) is 3. The Morgan fingerprint density at radius 2 is 2.05 bits per heavy atom. The highest BCUT2D eigenvalue weighted by molar-refractivity contribution is 7.17. The van der Waals surface area contributed by atoms with Crippen molar-refractivity contribution in [1.29, 1.82) is 0 Å². The molecule has 1 atom stereocenters. The minimum atomic E-state index is -0.275. The molecule has 1 amide bonds. The number of carbonyl (C=O) groups is 1. The number of aromatic nitrogens is 1. The molecule has 0 unspecified atom stereocenters. The summed E-state index contributed by atoms with van der Waals surface area (Å²) in [5, 5.41) is 3.79. The number of thiazole rings is 1. The van der Waals surface area contributed by atoms with Crippen molar-refractivity contribution in [3.8, 4) is 10.6 Å². The Morgan fingerprint density at radius 3 is 2.67 bits per heavy atom. The first kappa shape index (κ1) is 14.2. The smallest absolute Gasteiger partial charge is 0.263 e. The third kappa shape index (κ3) is 3.13. The normalized spacial score (nSPS) is 15.8. The molecule has 3 nitrogen and oxygen atoms in total. The topological polar surface area (TPSA) is 42.0 Å². The van der Waals surface area contributed by atoms with Gasteiger partial charge in [0.25, 0.3) is 5.91 Å². The summed E-state index contributed by atoms with van der Waals surface area (Å²) >= 11 is 1.36. The van der Waals surface area contributed by atoms with Crippen LogP contribution in [0.1, 0.15) is 35.1 Å². The number of amides is 1. The van der Waals surface area contributed by atoms with Gasteiger partial charge in [-0.2, -0.15) is 0 Å². The summed E-state index contributed by atoms with van der Waals surface area (Å²) < 4.78 is 13.0. The Labute approximate surface area is 127 Å². The second-order valence-corrected chi connectivity index (χ2v) is 6.54. The molecule has 1 saturated carbocycles. The monoisotopic (exact) mass is 304 g/mol. The van der Waals surface area contributed by atoms with E-state index in [0.717, 1.165) is 16.3 Å². The van der Waals surface area contributed by atoms with Gasteiger partial charge in [-0.3, -0.25) is 4.79 Å². The number of carbonyl (C=O) groups excluding carboxylic acids is 1. The number of hydrogen-bond donors (Lipinski definition) is 1. The lowest BCUT2D eigenvalue weighted by Crippen LogP contribution is -2.33. The van der Waals surface area contributed by atoms with Gasteiger partial charge >= 0.3 is 0 Å². The van der Waals surface area contributed by atoms with Crippen LogP contribution in [0.15, 0.2) is 24.3 Å². The van der Waals surface area contributed by atoms with E-state index in [1.165, 1.54) is 36.3 Å². The van der Waals surface area contributed by atoms with Gasteiger partial charge in [0, 0.05) is 11.6 Å². The summed E-state index contributed by atoms with van der Waals surface area (Å²) in [6, 6.07) is 6.39. The van der Waals surface area contributed by atoms with E-state index >= 15 is 0 Å².